The third-order valence-electron chi connectivity index (χ3n) is 13.1. The summed E-state index contributed by atoms with van der Waals surface area (Å²) in [6.45, 7) is 4.70. The van der Waals surface area contributed by atoms with E-state index in [1.807, 2.05) is 0 Å². The fourth-order valence-electron chi connectivity index (χ4n) is 7.93. The van der Waals surface area contributed by atoms with Crippen molar-refractivity contribution in [3.8, 4) is 0 Å². The molecule has 11 atom stereocenters. The van der Waals surface area contributed by atoms with E-state index in [2.05, 4.69) is 63.8 Å². The lowest BCUT2D eigenvalue weighted by Crippen LogP contribution is -2.60. The SMILES string of the molecule is CC[C@H](C)[C@H](NC(=O)[C@H](C)NC(=O)CNC(=O)[C@H](C)N)C(=O)N[C@@H](CCCCN)C(=O)NCC(=O)NCC(=O)N[C@@H](CCCCN)C(=O)N[C@@H](CCC(=O)O)C(=O)NCC(=O)N[C@@H](CC(=O)O)C(=O)N[C@H](C(=O)N[C@@H](Cc1ccccc1)C(=O)O)[C@@H](C)O. The average Bonchev–Trinajstić information content (AvgIpc) is 3.68. The van der Waals surface area contributed by atoms with Crippen LogP contribution in [0.25, 0.3) is 0 Å². The van der Waals surface area contributed by atoms with Gasteiger partial charge in [-0.05, 0) is 90.3 Å². The molecule has 0 saturated carbocycles. The fraction of sp³-hybridized carbons (Fsp3) is 0.611. The summed E-state index contributed by atoms with van der Waals surface area (Å²) in [4.78, 5) is 193. The molecule has 0 saturated heterocycles. The summed E-state index contributed by atoms with van der Waals surface area (Å²) >= 11 is 0. The number of nitrogens with two attached hydrogens (primary N) is 3. The number of carbonyl (C=O) groups excluding carboxylic acids is 12. The second kappa shape index (κ2) is 41.2. The van der Waals surface area contributed by atoms with E-state index in [-0.39, 0.29) is 38.8 Å². The lowest BCUT2D eigenvalue weighted by atomic mass is 9.97. The van der Waals surface area contributed by atoms with Gasteiger partial charge in [0.1, 0.15) is 48.3 Å². The van der Waals surface area contributed by atoms with Crippen LogP contribution in [0.1, 0.15) is 104 Å². The number of carboxylic acids is 3. The van der Waals surface area contributed by atoms with Gasteiger partial charge in [0.05, 0.1) is 44.7 Å². The van der Waals surface area contributed by atoms with Crippen LogP contribution in [0.2, 0.25) is 0 Å². The molecular weight excluding hydrogens is 1160 g/mol. The second-order valence-corrected chi connectivity index (χ2v) is 20.7. The molecule has 1 aromatic rings. The second-order valence-electron chi connectivity index (χ2n) is 20.7. The molecule has 34 nitrogen and oxygen atoms in total. The zero-order valence-corrected chi connectivity index (χ0v) is 49.9. The molecule has 0 aliphatic heterocycles. The van der Waals surface area contributed by atoms with E-state index in [4.69, 9.17) is 17.2 Å². The Hall–Kier alpha value is -8.89. The molecule has 0 heterocycles. The van der Waals surface area contributed by atoms with Crippen molar-refractivity contribution in [2.45, 2.75) is 166 Å². The third kappa shape index (κ3) is 31.0. The Labute approximate surface area is 507 Å². The van der Waals surface area contributed by atoms with E-state index < -0.39 is 201 Å². The number of unbranched alkanes of at least 4 members (excludes halogenated alkanes) is 2. The molecule has 0 radical (unpaired) electrons. The summed E-state index contributed by atoms with van der Waals surface area (Å²) in [5.74, 6) is -16.4. The van der Waals surface area contributed by atoms with E-state index in [1.165, 1.54) is 13.8 Å². The highest BCUT2D eigenvalue weighted by atomic mass is 16.4. The number of aliphatic hydroxyl groups is 1. The van der Waals surface area contributed by atoms with Crippen molar-refractivity contribution in [3.05, 3.63) is 35.9 Å². The van der Waals surface area contributed by atoms with Gasteiger partial charge >= 0.3 is 17.9 Å². The zero-order chi connectivity index (χ0) is 66.6. The fourth-order valence-corrected chi connectivity index (χ4v) is 7.93. The van der Waals surface area contributed by atoms with Gasteiger partial charge in [0.2, 0.25) is 70.9 Å². The molecule has 492 valence electrons. The molecule has 0 unspecified atom stereocenters. The normalized spacial score (nSPS) is 14.6. The van der Waals surface area contributed by atoms with Gasteiger partial charge in [0, 0.05) is 12.8 Å². The van der Waals surface area contributed by atoms with Gasteiger partial charge in [-0.2, -0.15) is 0 Å². The molecule has 0 aliphatic carbocycles. The predicted octanol–water partition coefficient (Wildman–Crippen LogP) is -6.95. The molecule has 0 aromatic heterocycles. The van der Waals surface area contributed by atoms with Crippen molar-refractivity contribution >= 4 is 88.8 Å². The predicted molar refractivity (Wildman–Crippen MR) is 311 cm³/mol. The van der Waals surface area contributed by atoms with Crippen LogP contribution in [0.3, 0.4) is 0 Å². The van der Waals surface area contributed by atoms with Crippen molar-refractivity contribution in [1.29, 1.82) is 0 Å². The Bertz CT molecular complexity index is 2560. The molecule has 0 aliphatic rings. The van der Waals surface area contributed by atoms with E-state index >= 15 is 0 Å². The highest BCUT2D eigenvalue weighted by Gasteiger charge is 2.35. The minimum atomic E-state index is -1.96. The van der Waals surface area contributed by atoms with Crippen molar-refractivity contribution in [2.75, 3.05) is 39.3 Å². The average molecular weight is 1250 g/mol. The highest BCUT2D eigenvalue weighted by Crippen LogP contribution is 2.12. The van der Waals surface area contributed by atoms with Gasteiger partial charge in [0.15, 0.2) is 0 Å². The molecule has 34 heteroatoms. The monoisotopic (exact) mass is 1250 g/mol. The number of carboxylic acid groups (broad SMARTS) is 3. The molecule has 1 aromatic carbocycles. The Morgan fingerprint density at radius 2 is 0.898 bits per heavy atom. The smallest absolute Gasteiger partial charge is 0.326 e. The Balaban J connectivity index is 3.09. The molecule has 0 spiro atoms. The number of benzene rings is 1. The number of amides is 12. The minimum absolute atomic E-state index is 0.0459. The lowest BCUT2D eigenvalue weighted by molar-refractivity contribution is -0.144. The summed E-state index contributed by atoms with van der Waals surface area (Å²) in [6.07, 6.45) is -2.57. The van der Waals surface area contributed by atoms with Crippen LogP contribution in [-0.4, -0.2) is 209 Å². The molecule has 0 fully saturated rings. The maximum atomic E-state index is 13.7. The van der Waals surface area contributed by atoms with Crippen LogP contribution in [-0.2, 0) is 78.3 Å². The quantitative estimate of drug-likeness (QED) is 0.0270. The molecule has 88 heavy (non-hydrogen) atoms. The van der Waals surface area contributed by atoms with Crippen LogP contribution in [0.15, 0.2) is 30.3 Å². The van der Waals surface area contributed by atoms with E-state index in [1.54, 1.807) is 44.2 Å². The number of carbonyl (C=O) groups is 15. The Morgan fingerprint density at radius 3 is 1.40 bits per heavy atom. The van der Waals surface area contributed by atoms with Crippen molar-refractivity contribution in [3.63, 3.8) is 0 Å². The molecule has 0 bridgehead atoms. The first-order valence-corrected chi connectivity index (χ1v) is 28.5. The topological polar surface area (TPSA) is 559 Å². The number of aliphatic hydroxyl groups excluding tert-OH is 1. The van der Waals surface area contributed by atoms with Gasteiger partial charge < -0.3 is 101 Å². The maximum Gasteiger partial charge on any atom is 0.326 e. The van der Waals surface area contributed by atoms with Crippen molar-refractivity contribution in [2.24, 2.45) is 23.1 Å². The summed E-state index contributed by atoms with van der Waals surface area (Å²) in [5.41, 5.74) is 17.3. The summed E-state index contributed by atoms with van der Waals surface area (Å²) in [5, 5.41) is 66.9. The number of aliphatic carboxylic acids is 3. The van der Waals surface area contributed by atoms with Crippen LogP contribution < -0.4 is 81.0 Å². The molecule has 22 N–H and O–H groups in total. The largest absolute Gasteiger partial charge is 0.481 e. The van der Waals surface area contributed by atoms with Crippen LogP contribution in [0, 0.1) is 5.92 Å². The lowest BCUT2D eigenvalue weighted by Gasteiger charge is -2.27. The van der Waals surface area contributed by atoms with E-state index in [0.29, 0.717) is 31.2 Å². The van der Waals surface area contributed by atoms with Crippen molar-refractivity contribution < 1.29 is 92.3 Å². The van der Waals surface area contributed by atoms with Crippen molar-refractivity contribution in [1.82, 2.24) is 63.8 Å². The summed E-state index contributed by atoms with van der Waals surface area (Å²) in [7, 11) is 0. The summed E-state index contributed by atoms with van der Waals surface area (Å²) in [6, 6.07) is -4.87. The number of hydrogen-bond acceptors (Lipinski definition) is 19. The standard InChI is InChI=1S/C54H87N15O19/c1-6-28(2)44(68-47(80)30(4)62-39(72)26-59-46(79)29(3)57)52(85)66-33(16-10-12-20-55)48(81)60-24-38(71)58-25-40(73)63-34(17-11-13-21-56)50(83)65-35(18-19-42(75)76)49(82)61-27-41(74)64-36(23-43(77)78)51(84)69-45(31(5)70)53(86)67-37(54(87)88)22-32-14-8-7-9-15-32/h7-9,14-15,28-31,33-37,44-45,70H,6,10-13,16-27,55-57H2,1-5H3,(H,58,71)(H,59,79)(H,60,81)(H,61,82)(H,62,72)(H,63,73)(H,64,74)(H,65,83)(H,66,85)(H,67,86)(H,68,80)(H,69,84)(H,75,76)(H,77,78)(H,87,88)/t28-,29-,30-,31+,33-,34-,35-,36-,37-,44-,45-/m0/s1. The van der Waals surface area contributed by atoms with E-state index in [0.717, 1.165) is 6.92 Å². The van der Waals surface area contributed by atoms with Gasteiger partial charge in [-0.1, -0.05) is 50.6 Å². The highest BCUT2D eigenvalue weighted by molar-refractivity contribution is 5.99. The molecular formula is C54H87N15O19. The van der Waals surface area contributed by atoms with Gasteiger partial charge in [-0.25, -0.2) is 4.79 Å². The van der Waals surface area contributed by atoms with E-state index in [9.17, 15) is 92.3 Å². The first-order valence-electron chi connectivity index (χ1n) is 28.5. The van der Waals surface area contributed by atoms with Gasteiger partial charge in [0.25, 0.3) is 0 Å². The van der Waals surface area contributed by atoms with Gasteiger partial charge in [-0.3, -0.25) is 67.1 Å². The van der Waals surface area contributed by atoms with Crippen LogP contribution in [0.4, 0.5) is 0 Å². The maximum absolute atomic E-state index is 13.7. The number of rotatable bonds is 43. The first kappa shape index (κ1) is 77.1. The number of hydrogen-bond donors (Lipinski definition) is 19. The summed E-state index contributed by atoms with van der Waals surface area (Å²) < 4.78 is 0. The molecule has 1 rings (SSSR count). The number of nitrogens with one attached hydrogen (secondary N) is 12. The Morgan fingerprint density at radius 1 is 0.455 bits per heavy atom. The zero-order valence-electron chi connectivity index (χ0n) is 49.9. The minimum Gasteiger partial charge on any atom is -0.481 e. The first-order chi connectivity index (χ1) is 41.4. The van der Waals surface area contributed by atoms with Gasteiger partial charge in [-0.15, -0.1) is 0 Å². The third-order valence-corrected chi connectivity index (χ3v) is 13.1. The van der Waals surface area contributed by atoms with Crippen LogP contribution >= 0.6 is 0 Å². The van der Waals surface area contributed by atoms with Crippen LogP contribution in [0.5, 0.6) is 0 Å². The molecule has 12 amide bonds. The Kier molecular flexibility index (Phi) is 36.2.